The predicted octanol–water partition coefficient (Wildman–Crippen LogP) is 1.32. The molecule has 26 heavy (non-hydrogen) atoms. The largest absolute Gasteiger partial charge is 1.00 e. The summed E-state index contributed by atoms with van der Waals surface area (Å²) in [6.07, 6.45) is 4.42. The van der Waals surface area contributed by atoms with Crippen LogP contribution in [0, 0.1) is 6.92 Å². The Morgan fingerprint density at radius 1 is 1.35 bits per heavy atom. The zero-order valence-corrected chi connectivity index (χ0v) is 19.3. The Hall–Kier alpha value is -0.300. The zero-order valence-electron chi connectivity index (χ0n) is 14.9. The van der Waals surface area contributed by atoms with Crippen LogP contribution in [-0.2, 0) is 4.79 Å². The number of anilines is 1. The first-order valence-electron chi connectivity index (χ1n) is 8.35. The summed E-state index contributed by atoms with van der Waals surface area (Å²) in [5.41, 5.74) is 2.60. The van der Waals surface area contributed by atoms with Gasteiger partial charge in [-0.05, 0) is 37.5 Å². The Morgan fingerprint density at radius 3 is 2.65 bits per heavy atom. The first kappa shape index (κ1) is 22.0. The SMILES string of the molecule is Cc1cc(-c2nc(N(CCC(=O)[O-])C3CCCC3)sc2Cl)ccc1Cl.[Na+]. The quantitative estimate of drug-likeness (QED) is 0.661. The molecule has 0 spiro atoms. The van der Waals surface area contributed by atoms with Crippen molar-refractivity contribution >= 4 is 45.6 Å². The van der Waals surface area contributed by atoms with Crippen molar-refractivity contribution < 1.29 is 39.5 Å². The van der Waals surface area contributed by atoms with Crippen molar-refractivity contribution in [3.05, 3.63) is 33.1 Å². The first-order valence-corrected chi connectivity index (χ1v) is 9.92. The average Bonchev–Trinajstić information content (AvgIpc) is 3.20. The van der Waals surface area contributed by atoms with E-state index in [4.69, 9.17) is 28.2 Å². The van der Waals surface area contributed by atoms with Crippen LogP contribution in [0.3, 0.4) is 0 Å². The number of thiazole rings is 1. The molecule has 0 N–H and O–H groups in total. The second-order valence-electron chi connectivity index (χ2n) is 6.34. The van der Waals surface area contributed by atoms with Crippen LogP contribution < -0.4 is 39.6 Å². The molecule has 0 bridgehead atoms. The Morgan fingerprint density at radius 2 is 2.04 bits per heavy atom. The molecule has 1 aromatic carbocycles. The number of carboxylic acids is 1. The molecule has 0 saturated heterocycles. The molecule has 8 heteroatoms. The molecular formula is C18H19Cl2N2NaO2S. The maximum Gasteiger partial charge on any atom is 1.00 e. The van der Waals surface area contributed by atoms with Gasteiger partial charge in [0.15, 0.2) is 5.13 Å². The molecule has 4 nitrogen and oxygen atoms in total. The van der Waals surface area contributed by atoms with E-state index in [9.17, 15) is 9.90 Å². The number of hydrogen-bond acceptors (Lipinski definition) is 5. The first-order chi connectivity index (χ1) is 12.0. The Kier molecular flexibility index (Phi) is 8.26. The maximum absolute atomic E-state index is 10.9. The molecule has 1 heterocycles. The van der Waals surface area contributed by atoms with Gasteiger partial charge in [-0.2, -0.15) is 0 Å². The molecule has 1 aliphatic rings. The van der Waals surface area contributed by atoms with Gasteiger partial charge in [0.2, 0.25) is 0 Å². The summed E-state index contributed by atoms with van der Waals surface area (Å²) in [5, 5.41) is 12.4. The molecule has 1 aromatic heterocycles. The molecule has 134 valence electrons. The molecule has 3 rings (SSSR count). The monoisotopic (exact) mass is 420 g/mol. The van der Waals surface area contributed by atoms with Crippen molar-refractivity contribution in [2.75, 3.05) is 11.4 Å². The van der Waals surface area contributed by atoms with Crippen LogP contribution in [0.4, 0.5) is 5.13 Å². The van der Waals surface area contributed by atoms with Crippen LogP contribution >= 0.6 is 34.5 Å². The van der Waals surface area contributed by atoms with Gasteiger partial charge in [-0.25, -0.2) is 4.98 Å². The van der Waals surface area contributed by atoms with Gasteiger partial charge < -0.3 is 14.8 Å². The molecule has 1 saturated carbocycles. The minimum absolute atomic E-state index is 0. The number of hydrogen-bond donors (Lipinski definition) is 0. The molecule has 2 aromatic rings. The van der Waals surface area contributed by atoms with Gasteiger partial charge in [-0.3, -0.25) is 0 Å². The van der Waals surface area contributed by atoms with E-state index in [-0.39, 0.29) is 36.0 Å². The minimum atomic E-state index is -1.04. The standard InChI is InChI=1S/C18H20Cl2N2O2S.Na/c1-11-10-12(6-7-14(11)19)16-17(20)25-18(21-16)22(9-8-15(23)24)13-4-2-3-5-13;/h6-7,10,13H,2-5,8-9H2,1H3,(H,23,24);/q;+1/p-1. The number of benzene rings is 1. The van der Waals surface area contributed by atoms with Gasteiger partial charge in [0, 0.05) is 35.6 Å². The van der Waals surface area contributed by atoms with Crippen molar-refractivity contribution in [2.45, 2.75) is 45.1 Å². The third-order valence-corrected chi connectivity index (χ3v) is 6.29. The van der Waals surface area contributed by atoms with Crippen LogP contribution in [-0.4, -0.2) is 23.5 Å². The molecule has 1 fully saturated rings. The maximum atomic E-state index is 10.9. The van der Waals surface area contributed by atoms with Gasteiger partial charge in [-0.15, -0.1) is 0 Å². The van der Waals surface area contributed by atoms with Gasteiger partial charge in [0.05, 0.1) is 0 Å². The van der Waals surface area contributed by atoms with Crippen LogP contribution in [0.25, 0.3) is 11.3 Å². The number of halogens is 2. The van der Waals surface area contributed by atoms with E-state index >= 15 is 0 Å². The number of nitrogens with zero attached hydrogens (tertiary/aromatic N) is 2. The van der Waals surface area contributed by atoms with Crippen LogP contribution in [0.2, 0.25) is 9.36 Å². The zero-order chi connectivity index (χ0) is 18.0. The molecule has 1 aliphatic carbocycles. The third kappa shape index (κ3) is 5.15. The number of aliphatic carboxylic acids is 1. The molecule has 0 radical (unpaired) electrons. The van der Waals surface area contributed by atoms with E-state index in [0.29, 0.717) is 21.9 Å². The topological polar surface area (TPSA) is 56.3 Å². The molecule has 0 atom stereocenters. The Labute approximate surface area is 189 Å². The number of rotatable bonds is 6. The van der Waals surface area contributed by atoms with E-state index in [1.807, 2.05) is 25.1 Å². The summed E-state index contributed by atoms with van der Waals surface area (Å²) in [7, 11) is 0. The fourth-order valence-electron chi connectivity index (χ4n) is 3.25. The fourth-order valence-corrected chi connectivity index (χ4v) is 4.64. The molecule has 0 aliphatic heterocycles. The fraction of sp³-hybridized carbons (Fsp3) is 0.444. The second-order valence-corrected chi connectivity index (χ2v) is 8.32. The van der Waals surface area contributed by atoms with E-state index < -0.39 is 5.97 Å². The number of carbonyl (C=O) groups is 1. The van der Waals surface area contributed by atoms with E-state index in [2.05, 4.69) is 4.90 Å². The Bertz CT molecular complexity index is 779. The summed E-state index contributed by atoms with van der Waals surface area (Å²) in [4.78, 5) is 17.7. The van der Waals surface area contributed by atoms with E-state index in [1.165, 1.54) is 11.3 Å². The smallest absolute Gasteiger partial charge is 0.550 e. The van der Waals surface area contributed by atoms with Crippen LogP contribution in [0.5, 0.6) is 0 Å². The Balaban J connectivity index is 0.00000243. The van der Waals surface area contributed by atoms with Gasteiger partial charge >= 0.3 is 29.6 Å². The number of carbonyl (C=O) groups excluding carboxylic acids is 1. The number of aromatic nitrogens is 1. The van der Waals surface area contributed by atoms with Gasteiger partial charge in [-0.1, -0.05) is 53.4 Å². The third-order valence-electron chi connectivity index (χ3n) is 4.57. The average molecular weight is 421 g/mol. The van der Waals surface area contributed by atoms with Crippen LogP contribution in [0.1, 0.15) is 37.7 Å². The summed E-state index contributed by atoms with van der Waals surface area (Å²) in [6, 6.07) is 6.03. The minimum Gasteiger partial charge on any atom is -0.550 e. The molecule has 0 amide bonds. The van der Waals surface area contributed by atoms with Crippen molar-refractivity contribution in [1.29, 1.82) is 0 Å². The van der Waals surface area contributed by atoms with Crippen molar-refractivity contribution in [3.63, 3.8) is 0 Å². The summed E-state index contributed by atoms with van der Waals surface area (Å²) >= 11 is 14.0. The molecule has 0 unspecified atom stereocenters. The van der Waals surface area contributed by atoms with Gasteiger partial charge in [0.25, 0.3) is 0 Å². The summed E-state index contributed by atoms with van der Waals surface area (Å²) < 4.78 is 0.605. The number of carboxylic acid groups (broad SMARTS) is 1. The van der Waals surface area contributed by atoms with E-state index in [0.717, 1.165) is 47.6 Å². The van der Waals surface area contributed by atoms with E-state index in [1.54, 1.807) is 0 Å². The normalized spacial score (nSPS) is 14.3. The molecular weight excluding hydrogens is 402 g/mol. The summed E-state index contributed by atoms with van der Waals surface area (Å²) in [5.74, 6) is -1.04. The van der Waals surface area contributed by atoms with Crippen molar-refractivity contribution in [3.8, 4) is 11.3 Å². The van der Waals surface area contributed by atoms with Crippen molar-refractivity contribution in [1.82, 2.24) is 4.98 Å². The second kappa shape index (κ2) is 9.76. The van der Waals surface area contributed by atoms with Gasteiger partial charge in [0.1, 0.15) is 10.0 Å². The summed E-state index contributed by atoms with van der Waals surface area (Å²) in [6.45, 7) is 2.34. The van der Waals surface area contributed by atoms with Crippen molar-refractivity contribution in [2.24, 2.45) is 0 Å². The predicted molar refractivity (Wildman–Crippen MR) is 102 cm³/mol. The number of aryl methyl sites for hydroxylation is 1. The van der Waals surface area contributed by atoms with Crippen LogP contribution in [0.15, 0.2) is 18.2 Å².